The molecule has 0 aromatic heterocycles. The average Bonchev–Trinajstić information content (AvgIpc) is 2.05. The number of nitrogens with zero attached hydrogens (tertiary/aromatic N) is 1. The molecule has 0 saturated heterocycles. The van der Waals surface area contributed by atoms with E-state index in [1.54, 1.807) is 24.3 Å². The van der Waals surface area contributed by atoms with Gasteiger partial charge in [-0.3, -0.25) is 0 Å². The van der Waals surface area contributed by atoms with Gasteiger partial charge in [-0.2, -0.15) is 0 Å². The van der Waals surface area contributed by atoms with Gasteiger partial charge in [-0.25, -0.2) is 6.57 Å². The van der Waals surface area contributed by atoms with Crippen molar-refractivity contribution in [1.82, 2.24) is 0 Å². The van der Waals surface area contributed by atoms with Crippen LogP contribution in [0.15, 0.2) is 24.3 Å². The fourth-order valence-electron chi connectivity index (χ4n) is 0.906. The molecule has 0 heterocycles. The summed E-state index contributed by atoms with van der Waals surface area (Å²) in [5.74, 6) is 0. The van der Waals surface area contributed by atoms with Gasteiger partial charge >= 0.3 is 0 Å². The number of aliphatic hydroxyl groups is 1. The summed E-state index contributed by atoms with van der Waals surface area (Å²) in [5, 5.41) is 9.95. The molecule has 1 aromatic carbocycles. The minimum Gasteiger partial charge on any atom is -0.381 e. The van der Waals surface area contributed by atoms with Gasteiger partial charge in [-0.05, 0) is 17.7 Å². The normalized spacial score (nSPS) is 12.1. The molecule has 1 rings (SSSR count). The van der Waals surface area contributed by atoms with Crippen LogP contribution in [0.3, 0.4) is 0 Å². The molecular weight excluding hydrogens is 174 g/mol. The average molecular weight is 182 g/mol. The minimum absolute atomic E-state index is 0.0837. The lowest BCUT2D eigenvalue weighted by atomic mass is 10.1. The summed E-state index contributed by atoms with van der Waals surface area (Å²) in [7, 11) is 0. The first-order chi connectivity index (χ1) is 5.74. The molecule has 2 nitrogen and oxygen atoms in total. The fourth-order valence-corrected chi connectivity index (χ4v) is 1.10. The highest BCUT2D eigenvalue weighted by molar-refractivity contribution is 6.30. The second kappa shape index (κ2) is 4.10. The van der Waals surface area contributed by atoms with Crippen molar-refractivity contribution in [3.63, 3.8) is 0 Å². The summed E-state index contributed by atoms with van der Waals surface area (Å²) in [6, 6.07) is 6.90. The summed E-state index contributed by atoms with van der Waals surface area (Å²) < 4.78 is 0. The minimum atomic E-state index is -0.721. The Bertz CT molecular complexity index is 306. The van der Waals surface area contributed by atoms with Gasteiger partial charge in [0.1, 0.15) is 0 Å². The number of rotatable bonds is 2. The predicted octanol–water partition coefficient (Wildman–Crippen LogP) is 2.29. The van der Waals surface area contributed by atoms with E-state index in [0.29, 0.717) is 10.6 Å². The lowest BCUT2D eigenvalue weighted by Crippen LogP contribution is -1.99. The largest absolute Gasteiger partial charge is 0.381 e. The molecular formula is C9H8ClNO. The molecule has 0 amide bonds. The van der Waals surface area contributed by atoms with Crippen LogP contribution in [0.2, 0.25) is 5.02 Å². The Morgan fingerprint density at radius 1 is 1.58 bits per heavy atom. The van der Waals surface area contributed by atoms with Crippen LogP contribution in [0.1, 0.15) is 11.7 Å². The lowest BCUT2D eigenvalue weighted by Gasteiger charge is -2.03. The zero-order valence-corrected chi connectivity index (χ0v) is 7.12. The number of hydrogen-bond acceptors (Lipinski definition) is 1. The van der Waals surface area contributed by atoms with Gasteiger partial charge in [0.15, 0.2) is 6.10 Å². The van der Waals surface area contributed by atoms with Crippen molar-refractivity contribution in [2.75, 3.05) is 6.54 Å². The van der Waals surface area contributed by atoms with Crippen molar-refractivity contribution >= 4 is 11.6 Å². The topological polar surface area (TPSA) is 24.6 Å². The van der Waals surface area contributed by atoms with E-state index in [1.165, 1.54) is 0 Å². The molecule has 0 saturated carbocycles. The van der Waals surface area contributed by atoms with Gasteiger partial charge < -0.3 is 9.95 Å². The summed E-state index contributed by atoms with van der Waals surface area (Å²) in [4.78, 5) is 3.10. The number of aliphatic hydroxyl groups excluding tert-OH is 1. The Labute approximate surface area is 76.2 Å². The van der Waals surface area contributed by atoms with E-state index in [1.807, 2.05) is 0 Å². The first kappa shape index (κ1) is 9.05. The molecule has 0 spiro atoms. The van der Waals surface area contributed by atoms with Gasteiger partial charge in [-0.15, -0.1) is 0 Å². The third kappa shape index (κ3) is 2.23. The molecule has 62 valence electrons. The molecule has 0 bridgehead atoms. The SMILES string of the molecule is [C-]#[N+]CC(O)c1cccc(Cl)c1. The van der Waals surface area contributed by atoms with Crippen LogP contribution in [0.25, 0.3) is 4.85 Å². The third-order valence-corrected chi connectivity index (χ3v) is 1.73. The van der Waals surface area contributed by atoms with Crippen LogP contribution in [-0.4, -0.2) is 11.7 Å². The van der Waals surface area contributed by atoms with Crippen LogP contribution < -0.4 is 0 Å². The second-order valence-electron chi connectivity index (χ2n) is 2.41. The molecule has 0 aliphatic carbocycles. The van der Waals surface area contributed by atoms with Crippen LogP contribution in [0.5, 0.6) is 0 Å². The Kier molecular flexibility index (Phi) is 3.09. The van der Waals surface area contributed by atoms with E-state index in [2.05, 4.69) is 4.85 Å². The molecule has 0 aliphatic rings. The Morgan fingerprint density at radius 2 is 2.33 bits per heavy atom. The quantitative estimate of drug-likeness (QED) is 0.696. The first-order valence-electron chi connectivity index (χ1n) is 3.51. The van der Waals surface area contributed by atoms with Crippen molar-refractivity contribution in [3.05, 3.63) is 46.3 Å². The van der Waals surface area contributed by atoms with Gasteiger partial charge in [0, 0.05) is 5.02 Å². The first-order valence-corrected chi connectivity index (χ1v) is 3.88. The molecule has 1 atom stereocenters. The Morgan fingerprint density at radius 3 is 2.92 bits per heavy atom. The van der Waals surface area contributed by atoms with Crippen LogP contribution in [-0.2, 0) is 0 Å². The Hall–Kier alpha value is -1.04. The van der Waals surface area contributed by atoms with Crippen molar-refractivity contribution < 1.29 is 5.11 Å². The van der Waals surface area contributed by atoms with Crippen molar-refractivity contribution in [2.45, 2.75) is 6.10 Å². The highest BCUT2D eigenvalue weighted by Gasteiger charge is 2.09. The monoisotopic (exact) mass is 181 g/mol. The second-order valence-corrected chi connectivity index (χ2v) is 2.85. The molecule has 0 aliphatic heterocycles. The number of halogens is 1. The van der Waals surface area contributed by atoms with E-state index in [0.717, 1.165) is 0 Å². The molecule has 3 heteroatoms. The van der Waals surface area contributed by atoms with Gasteiger partial charge in [0.25, 0.3) is 0 Å². The van der Waals surface area contributed by atoms with Crippen LogP contribution in [0.4, 0.5) is 0 Å². The molecule has 0 fully saturated rings. The molecule has 1 unspecified atom stereocenters. The van der Waals surface area contributed by atoms with Gasteiger partial charge in [0.05, 0.1) is 0 Å². The standard InChI is InChI=1S/C9H8ClNO/c1-11-6-9(12)7-3-2-4-8(10)5-7/h2-5,9,12H,6H2. The molecule has 12 heavy (non-hydrogen) atoms. The van der Waals surface area contributed by atoms with Gasteiger partial charge in [0.2, 0.25) is 6.54 Å². The zero-order valence-electron chi connectivity index (χ0n) is 6.37. The van der Waals surface area contributed by atoms with Crippen molar-refractivity contribution in [3.8, 4) is 0 Å². The van der Waals surface area contributed by atoms with E-state index in [-0.39, 0.29) is 6.54 Å². The van der Waals surface area contributed by atoms with Crippen LogP contribution >= 0.6 is 11.6 Å². The molecule has 0 radical (unpaired) electrons. The maximum Gasteiger partial charge on any atom is 0.244 e. The summed E-state index contributed by atoms with van der Waals surface area (Å²) >= 11 is 5.70. The third-order valence-electron chi connectivity index (χ3n) is 1.50. The highest BCUT2D eigenvalue weighted by Crippen LogP contribution is 2.17. The highest BCUT2D eigenvalue weighted by atomic mass is 35.5. The number of benzene rings is 1. The van der Waals surface area contributed by atoms with Gasteiger partial charge in [-0.1, -0.05) is 23.7 Å². The van der Waals surface area contributed by atoms with Crippen molar-refractivity contribution in [1.29, 1.82) is 0 Å². The lowest BCUT2D eigenvalue weighted by molar-refractivity contribution is 0.195. The zero-order chi connectivity index (χ0) is 8.97. The predicted molar refractivity (Wildman–Crippen MR) is 47.9 cm³/mol. The van der Waals surface area contributed by atoms with Crippen LogP contribution in [0, 0.1) is 6.57 Å². The summed E-state index contributed by atoms with van der Waals surface area (Å²) in [5.41, 5.74) is 0.693. The van der Waals surface area contributed by atoms with E-state index < -0.39 is 6.10 Å². The van der Waals surface area contributed by atoms with E-state index in [9.17, 15) is 5.11 Å². The molecule has 1 N–H and O–H groups in total. The fraction of sp³-hybridized carbons (Fsp3) is 0.222. The molecule has 1 aromatic rings. The number of hydrogen-bond donors (Lipinski definition) is 1. The maximum absolute atomic E-state index is 9.37. The maximum atomic E-state index is 9.37. The van der Waals surface area contributed by atoms with Crippen molar-refractivity contribution in [2.24, 2.45) is 0 Å². The summed E-state index contributed by atoms with van der Waals surface area (Å²) in [6.07, 6.45) is -0.721. The smallest absolute Gasteiger partial charge is 0.244 e. The summed E-state index contributed by atoms with van der Waals surface area (Å²) in [6.45, 7) is 6.65. The van der Waals surface area contributed by atoms with E-state index in [4.69, 9.17) is 18.2 Å². The van der Waals surface area contributed by atoms with E-state index >= 15 is 0 Å². The Balaban J connectivity index is 2.82.